The van der Waals surface area contributed by atoms with Gasteiger partial charge in [-0.15, -0.1) is 0 Å². The molecule has 3 nitrogen and oxygen atoms in total. The Balaban J connectivity index is 3.87. The van der Waals surface area contributed by atoms with Gasteiger partial charge < -0.3 is 4.74 Å². The Morgan fingerprint density at radius 3 is 2.38 bits per heavy atom. The SMILES string of the molecule is CCCCC(=O)[C@H](C)C(=O)OCC. The van der Waals surface area contributed by atoms with Gasteiger partial charge in [-0.3, -0.25) is 9.59 Å². The first-order chi connectivity index (χ1) is 6.13. The third kappa shape index (κ3) is 4.65. The molecular weight excluding hydrogens is 168 g/mol. The zero-order valence-corrected chi connectivity index (χ0v) is 8.63. The number of unbranched alkanes of at least 4 members (excludes halogenated alkanes) is 1. The van der Waals surface area contributed by atoms with Crippen molar-refractivity contribution >= 4 is 11.8 Å². The lowest BCUT2D eigenvalue weighted by Crippen LogP contribution is -2.23. The summed E-state index contributed by atoms with van der Waals surface area (Å²) in [5, 5.41) is 0. The first-order valence-electron chi connectivity index (χ1n) is 4.82. The molecule has 0 heterocycles. The quantitative estimate of drug-likeness (QED) is 0.470. The number of esters is 1. The van der Waals surface area contributed by atoms with E-state index in [-0.39, 0.29) is 5.78 Å². The molecule has 0 unspecified atom stereocenters. The molecule has 0 N–H and O–H groups in total. The van der Waals surface area contributed by atoms with E-state index in [0.717, 1.165) is 12.8 Å². The van der Waals surface area contributed by atoms with Crippen molar-refractivity contribution in [3.63, 3.8) is 0 Å². The highest BCUT2D eigenvalue weighted by Crippen LogP contribution is 2.06. The average Bonchev–Trinajstić information content (AvgIpc) is 2.13. The van der Waals surface area contributed by atoms with Gasteiger partial charge in [-0.1, -0.05) is 13.3 Å². The van der Waals surface area contributed by atoms with Crippen LogP contribution >= 0.6 is 0 Å². The minimum atomic E-state index is -0.591. The number of rotatable bonds is 6. The second-order valence-electron chi connectivity index (χ2n) is 3.04. The van der Waals surface area contributed by atoms with Crippen LogP contribution in [0.5, 0.6) is 0 Å². The molecule has 3 heteroatoms. The van der Waals surface area contributed by atoms with Crippen molar-refractivity contribution < 1.29 is 14.3 Å². The predicted molar refractivity (Wildman–Crippen MR) is 50.3 cm³/mol. The molecule has 76 valence electrons. The summed E-state index contributed by atoms with van der Waals surface area (Å²) in [4.78, 5) is 22.4. The van der Waals surface area contributed by atoms with Crippen LogP contribution in [0.2, 0.25) is 0 Å². The smallest absolute Gasteiger partial charge is 0.316 e. The van der Waals surface area contributed by atoms with Crippen molar-refractivity contribution in [2.24, 2.45) is 5.92 Å². The molecule has 0 aliphatic carbocycles. The molecule has 0 aromatic rings. The van der Waals surface area contributed by atoms with Gasteiger partial charge in [-0.05, 0) is 20.3 Å². The summed E-state index contributed by atoms with van der Waals surface area (Å²) in [6, 6.07) is 0. The molecule has 0 aromatic heterocycles. The number of carbonyl (C=O) groups excluding carboxylic acids is 2. The molecule has 13 heavy (non-hydrogen) atoms. The Kier molecular flexibility index (Phi) is 6.20. The van der Waals surface area contributed by atoms with Gasteiger partial charge in [0.1, 0.15) is 11.7 Å². The summed E-state index contributed by atoms with van der Waals surface area (Å²) in [7, 11) is 0. The van der Waals surface area contributed by atoms with Crippen LogP contribution in [0.1, 0.15) is 40.0 Å². The molecule has 0 bridgehead atoms. The minimum Gasteiger partial charge on any atom is -0.465 e. The maximum absolute atomic E-state index is 11.3. The monoisotopic (exact) mass is 186 g/mol. The molecule has 1 atom stereocenters. The Labute approximate surface area is 79.5 Å². The number of hydrogen-bond donors (Lipinski definition) is 0. The van der Waals surface area contributed by atoms with Crippen LogP contribution in [0.3, 0.4) is 0 Å². The number of ether oxygens (including phenoxy) is 1. The van der Waals surface area contributed by atoms with E-state index in [9.17, 15) is 9.59 Å². The topological polar surface area (TPSA) is 43.4 Å². The molecule has 0 amide bonds. The fraction of sp³-hybridized carbons (Fsp3) is 0.800. The average molecular weight is 186 g/mol. The highest BCUT2D eigenvalue weighted by Gasteiger charge is 2.21. The second kappa shape index (κ2) is 6.63. The lowest BCUT2D eigenvalue weighted by molar-refractivity contribution is -0.150. The van der Waals surface area contributed by atoms with Gasteiger partial charge in [-0.2, -0.15) is 0 Å². The van der Waals surface area contributed by atoms with E-state index >= 15 is 0 Å². The van der Waals surface area contributed by atoms with E-state index in [2.05, 4.69) is 0 Å². The lowest BCUT2D eigenvalue weighted by atomic mass is 10.0. The lowest BCUT2D eigenvalue weighted by Gasteiger charge is -2.08. The Hall–Kier alpha value is -0.860. The first-order valence-corrected chi connectivity index (χ1v) is 4.82. The number of ketones is 1. The molecule has 0 aromatic carbocycles. The first kappa shape index (κ1) is 12.1. The number of hydrogen-bond acceptors (Lipinski definition) is 3. The Morgan fingerprint density at radius 1 is 1.31 bits per heavy atom. The zero-order chi connectivity index (χ0) is 10.3. The van der Waals surface area contributed by atoms with Crippen molar-refractivity contribution in [3.05, 3.63) is 0 Å². The molecule has 0 saturated carbocycles. The predicted octanol–water partition coefficient (Wildman–Crippen LogP) is 1.94. The largest absolute Gasteiger partial charge is 0.465 e. The van der Waals surface area contributed by atoms with Gasteiger partial charge in [0.15, 0.2) is 0 Å². The van der Waals surface area contributed by atoms with Gasteiger partial charge in [0.05, 0.1) is 6.61 Å². The van der Waals surface area contributed by atoms with Crippen molar-refractivity contribution in [2.45, 2.75) is 40.0 Å². The molecule has 0 aliphatic rings. The van der Waals surface area contributed by atoms with Crippen LogP contribution in [-0.4, -0.2) is 18.4 Å². The Bertz CT molecular complexity index is 175. The summed E-state index contributed by atoms with van der Waals surface area (Å²) < 4.78 is 4.74. The number of carbonyl (C=O) groups is 2. The van der Waals surface area contributed by atoms with Crippen LogP contribution in [0.25, 0.3) is 0 Å². The molecule has 0 fully saturated rings. The second-order valence-corrected chi connectivity index (χ2v) is 3.04. The third-order valence-corrected chi connectivity index (χ3v) is 1.90. The Morgan fingerprint density at radius 2 is 1.92 bits per heavy atom. The summed E-state index contributed by atoms with van der Waals surface area (Å²) in [5.74, 6) is -1.00. The fourth-order valence-corrected chi connectivity index (χ4v) is 0.966. The minimum absolute atomic E-state index is 0.0136. The van der Waals surface area contributed by atoms with Crippen LogP contribution in [0.4, 0.5) is 0 Å². The fourth-order valence-electron chi connectivity index (χ4n) is 0.966. The van der Waals surface area contributed by atoms with Crippen LogP contribution < -0.4 is 0 Å². The van der Waals surface area contributed by atoms with Gasteiger partial charge in [0, 0.05) is 6.42 Å². The van der Waals surface area contributed by atoms with Crippen LogP contribution in [-0.2, 0) is 14.3 Å². The normalized spacial score (nSPS) is 12.2. The summed E-state index contributed by atoms with van der Waals surface area (Å²) in [6.45, 7) is 5.70. The molecule has 0 saturated heterocycles. The van der Waals surface area contributed by atoms with Gasteiger partial charge in [0.25, 0.3) is 0 Å². The molecular formula is C10H18O3. The maximum atomic E-state index is 11.3. The highest BCUT2D eigenvalue weighted by atomic mass is 16.5. The van der Waals surface area contributed by atoms with E-state index < -0.39 is 11.9 Å². The summed E-state index contributed by atoms with van der Waals surface area (Å²) >= 11 is 0. The van der Waals surface area contributed by atoms with E-state index in [1.165, 1.54) is 0 Å². The van der Waals surface area contributed by atoms with Crippen LogP contribution in [0, 0.1) is 5.92 Å². The molecule has 0 radical (unpaired) electrons. The van der Waals surface area contributed by atoms with E-state index in [1.54, 1.807) is 13.8 Å². The zero-order valence-electron chi connectivity index (χ0n) is 8.63. The van der Waals surface area contributed by atoms with Crippen molar-refractivity contribution in [3.8, 4) is 0 Å². The molecule has 0 rings (SSSR count). The van der Waals surface area contributed by atoms with E-state index in [1.807, 2.05) is 6.92 Å². The van der Waals surface area contributed by atoms with Crippen LogP contribution in [0.15, 0.2) is 0 Å². The van der Waals surface area contributed by atoms with E-state index in [4.69, 9.17) is 4.74 Å². The van der Waals surface area contributed by atoms with Crippen molar-refractivity contribution in [1.29, 1.82) is 0 Å². The summed E-state index contributed by atoms with van der Waals surface area (Å²) in [6.07, 6.45) is 2.31. The molecule has 0 aliphatic heterocycles. The molecule has 0 spiro atoms. The van der Waals surface area contributed by atoms with Gasteiger partial charge >= 0.3 is 5.97 Å². The maximum Gasteiger partial charge on any atom is 0.316 e. The van der Waals surface area contributed by atoms with Crippen molar-refractivity contribution in [1.82, 2.24) is 0 Å². The summed E-state index contributed by atoms with van der Waals surface area (Å²) in [5.41, 5.74) is 0. The van der Waals surface area contributed by atoms with Gasteiger partial charge in [0.2, 0.25) is 0 Å². The number of Topliss-reactive ketones (excluding diaryl/α,β-unsaturated/α-hetero) is 1. The third-order valence-electron chi connectivity index (χ3n) is 1.90. The van der Waals surface area contributed by atoms with Crippen molar-refractivity contribution in [2.75, 3.05) is 6.61 Å². The van der Waals surface area contributed by atoms with E-state index in [0.29, 0.717) is 13.0 Å². The highest BCUT2D eigenvalue weighted by molar-refractivity contribution is 5.98. The van der Waals surface area contributed by atoms with Gasteiger partial charge in [-0.25, -0.2) is 0 Å². The standard InChI is InChI=1S/C10H18O3/c1-4-6-7-9(11)8(3)10(12)13-5-2/h8H,4-7H2,1-3H3/t8-/m0/s1.